The molecule has 1 N–H and O–H groups in total. The highest BCUT2D eigenvalue weighted by molar-refractivity contribution is 5.98. The summed E-state index contributed by atoms with van der Waals surface area (Å²) in [5.74, 6) is 0.465. The summed E-state index contributed by atoms with van der Waals surface area (Å²) in [6.45, 7) is 8.57. The van der Waals surface area contributed by atoms with Crippen LogP contribution in [0.25, 0.3) is 0 Å². The van der Waals surface area contributed by atoms with Gasteiger partial charge in [-0.3, -0.25) is 4.79 Å². The summed E-state index contributed by atoms with van der Waals surface area (Å²) >= 11 is 0. The minimum atomic E-state index is 0.166. The van der Waals surface area contributed by atoms with Crippen LogP contribution >= 0.6 is 0 Å². The van der Waals surface area contributed by atoms with E-state index in [0.717, 1.165) is 37.9 Å². The summed E-state index contributed by atoms with van der Waals surface area (Å²) in [7, 11) is 0. The van der Waals surface area contributed by atoms with Crippen molar-refractivity contribution < 1.29 is 4.79 Å². The van der Waals surface area contributed by atoms with Crippen LogP contribution in [-0.2, 0) is 5.41 Å². The Morgan fingerprint density at radius 3 is 2.53 bits per heavy atom. The van der Waals surface area contributed by atoms with Crippen molar-refractivity contribution in [3.8, 4) is 0 Å². The van der Waals surface area contributed by atoms with E-state index in [1.165, 1.54) is 5.56 Å². The molecule has 0 amide bonds. The number of nitrogens with one attached hydrogen (secondary N) is 1. The molecule has 1 unspecified atom stereocenters. The lowest BCUT2D eigenvalue weighted by atomic mass is 9.81. The molecule has 19 heavy (non-hydrogen) atoms. The first-order valence-corrected chi connectivity index (χ1v) is 7.40. The highest BCUT2D eigenvalue weighted by Gasteiger charge is 2.23. The van der Waals surface area contributed by atoms with Gasteiger partial charge in [-0.2, -0.15) is 0 Å². The number of piperidine rings is 1. The Balaban J connectivity index is 2.11. The Morgan fingerprint density at radius 1 is 1.32 bits per heavy atom. The SMILES string of the molecule is CCC(C)(C)c1ccc(C(=O)C2CCCNC2)cc1. The highest BCUT2D eigenvalue weighted by Crippen LogP contribution is 2.27. The summed E-state index contributed by atoms with van der Waals surface area (Å²) in [4.78, 5) is 12.4. The molecule has 1 aromatic rings. The van der Waals surface area contributed by atoms with Gasteiger partial charge in [-0.05, 0) is 36.8 Å². The van der Waals surface area contributed by atoms with Gasteiger partial charge in [0.2, 0.25) is 0 Å². The van der Waals surface area contributed by atoms with Crippen LogP contribution in [0.4, 0.5) is 0 Å². The van der Waals surface area contributed by atoms with E-state index in [0.29, 0.717) is 5.78 Å². The summed E-state index contributed by atoms with van der Waals surface area (Å²) in [5, 5.41) is 3.31. The van der Waals surface area contributed by atoms with Crippen molar-refractivity contribution in [2.24, 2.45) is 5.92 Å². The van der Waals surface area contributed by atoms with E-state index in [1.54, 1.807) is 0 Å². The van der Waals surface area contributed by atoms with Crippen LogP contribution in [-0.4, -0.2) is 18.9 Å². The Bertz CT molecular complexity index is 427. The van der Waals surface area contributed by atoms with Gasteiger partial charge in [-0.15, -0.1) is 0 Å². The number of hydrogen-bond acceptors (Lipinski definition) is 2. The van der Waals surface area contributed by atoms with Gasteiger partial charge in [0, 0.05) is 18.0 Å². The van der Waals surface area contributed by atoms with Gasteiger partial charge in [0.25, 0.3) is 0 Å². The number of Topliss-reactive ketones (excluding diaryl/α,β-unsaturated/α-hetero) is 1. The number of carbonyl (C=O) groups is 1. The molecule has 2 heteroatoms. The Kier molecular flexibility index (Phi) is 4.41. The average Bonchev–Trinajstić information content (AvgIpc) is 2.47. The Morgan fingerprint density at radius 2 is 2.00 bits per heavy atom. The number of benzene rings is 1. The predicted molar refractivity (Wildman–Crippen MR) is 79.7 cm³/mol. The molecular weight excluding hydrogens is 234 g/mol. The molecule has 104 valence electrons. The summed E-state index contributed by atoms with van der Waals surface area (Å²) in [6.07, 6.45) is 3.23. The van der Waals surface area contributed by atoms with Crippen LogP contribution in [0, 0.1) is 5.92 Å². The quantitative estimate of drug-likeness (QED) is 0.838. The van der Waals surface area contributed by atoms with Crippen molar-refractivity contribution in [2.45, 2.75) is 45.4 Å². The van der Waals surface area contributed by atoms with E-state index in [-0.39, 0.29) is 11.3 Å². The Hall–Kier alpha value is -1.15. The fourth-order valence-electron chi connectivity index (χ4n) is 2.60. The van der Waals surface area contributed by atoms with Crippen molar-refractivity contribution >= 4 is 5.78 Å². The van der Waals surface area contributed by atoms with Crippen LogP contribution in [0.15, 0.2) is 24.3 Å². The monoisotopic (exact) mass is 259 g/mol. The van der Waals surface area contributed by atoms with Crippen molar-refractivity contribution in [3.05, 3.63) is 35.4 Å². The number of ketones is 1. The molecule has 1 aliphatic rings. The van der Waals surface area contributed by atoms with Gasteiger partial charge in [0.05, 0.1) is 0 Å². The second-order valence-electron chi connectivity index (χ2n) is 6.22. The van der Waals surface area contributed by atoms with E-state index >= 15 is 0 Å². The molecule has 1 aliphatic heterocycles. The lowest BCUT2D eigenvalue weighted by Gasteiger charge is -2.24. The first-order valence-electron chi connectivity index (χ1n) is 7.40. The van der Waals surface area contributed by atoms with Crippen LogP contribution in [0.2, 0.25) is 0 Å². The minimum absolute atomic E-state index is 0.166. The number of hydrogen-bond donors (Lipinski definition) is 1. The summed E-state index contributed by atoms with van der Waals surface area (Å²) < 4.78 is 0. The Labute approximate surface area is 116 Å². The normalized spacial score (nSPS) is 20.3. The fourth-order valence-corrected chi connectivity index (χ4v) is 2.60. The zero-order valence-electron chi connectivity index (χ0n) is 12.3. The van der Waals surface area contributed by atoms with E-state index in [9.17, 15) is 4.79 Å². The second-order valence-corrected chi connectivity index (χ2v) is 6.22. The van der Waals surface area contributed by atoms with Crippen LogP contribution < -0.4 is 5.32 Å². The predicted octanol–water partition coefficient (Wildman–Crippen LogP) is 3.56. The van der Waals surface area contributed by atoms with Crippen LogP contribution in [0.5, 0.6) is 0 Å². The van der Waals surface area contributed by atoms with Gasteiger partial charge < -0.3 is 5.32 Å². The molecular formula is C17H25NO. The molecule has 0 radical (unpaired) electrons. The largest absolute Gasteiger partial charge is 0.316 e. The van der Waals surface area contributed by atoms with Crippen molar-refractivity contribution in [2.75, 3.05) is 13.1 Å². The van der Waals surface area contributed by atoms with E-state index in [2.05, 4.69) is 38.2 Å². The molecule has 0 aliphatic carbocycles. The maximum atomic E-state index is 12.4. The molecule has 2 rings (SSSR count). The highest BCUT2D eigenvalue weighted by atomic mass is 16.1. The third-order valence-corrected chi connectivity index (χ3v) is 4.50. The first kappa shape index (κ1) is 14.3. The van der Waals surface area contributed by atoms with Gasteiger partial charge in [0.1, 0.15) is 0 Å². The van der Waals surface area contributed by atoms with E-state index in [1.807, 2.05) is 12.1 Å². The topological polar surface area (TPSA) is 29.1 Å². The third kappa shape index (κ3) is 3.24. The zero-order chi connectivity index (χ0) is 13.9. The lowest BCUT2D eigenvalue weighted by Crippen LogP contribution is -2.34. The molecule has 1 heterocycles. The smallest absolute Gasteiger partial charge is 0.167 e. The molecule has 2 nitrogen and oxygen atoms in total. The molecule has 1 aromatic carbocycles. The van der Waals surface area contributed by atoms with E-state index in [4.69, 9.17) is 0 Å². The van der Waals surface area contributed by atoms with Crippen LogP contribution in [0.3, 0.4) is 0 Å². The maximum Gasteiger partial charge on any atom is 0.167 e. The molecule has 1 atom stereocenters. The van der Waals surface area contributed by atoms with Crippen LogP contribution in [0.1, 0.15) is 56.0 Å². The van der Waals surface area contributed by atoms with Crippen molar-refractivity contribution in [3.63, 3.8) is 0 Å². The van der Waals surface area contributed by atoms with E-state index < -0.39 is 0 Å². The molecule has 0 bridgehead atoms. The minimum Gasteiger partial charge on any atom is -0.316 e. The van der Waals surface area contributed by atoms with Crippen molar-refractivity contribution in [1.82, 2.24) is 5.32 Å². The molecule has 0 spiro atoms. The van der Waals surface area contributed by atoms with Crippen molar-refractivity contribution in [1.29, 1.82) is 0 Å². The average molecular weight is 259 g/mol. The molecule has 1 saturated heterocycles. The van der Waals surface area contributed by atoms with Gasteiger partial charge in [-0.1, -0.05) is 45.0 Å². The fraction of sp³-hybridized carbons (Fsp3) is 0.588. The lowest BCUT2D eigenvalue weighted by molar-refractivity contribution is 0.0899. The molecule has 0 aromatic heterocycles. The standard InChI is InChI=1S/C17H25NO/c1-4-17(2,3)15-9-7-13(8-10-15)16(19)14-6-5-11-18-12-14/h7-10,14,18H,4-6,11-12H2,1-3H3. The van der Waals surface area contributed by atoms with Gasteiger partial charge in [-0.25, -0.2) is 0 Å². The first-order chi connectivity index (χ1) is 9.04. The number of rotatable bonds is 4. The molecule has 0 saturated carbocycles. The molecule has 1 fully saturated rings. The second kappa shape index (κ2) is 5.87. The number of carbonyl (C=O) groups excluding carboxylic acids is 1. The summed E-state index contributed by atoms with van der Waals surface area (Å²) in [6, 6.07) is 8.24. The zero-order valence-corrected chi connectivity index (χ0v) is 12.3. The van der Waals surface area contributed by atoms with Gasteiger partial charge in [0.15, 0.2) is 5.78 Å². The summed E-state index contributed by atoms with van der Waals surface area (Å²) in [5.41, 5.74) is 2.37. The maximum absolute atomic E-state index is 12.4. The third-order valence-electron chi connectivity index (χ3n) is 4.50. The van der Waals surface area contributed by atoms with Gasteiger partial charge >= 0.3 is 0 Å².